The van der Waals surface area contributed by atoms with Gasteiger partial charge in [-0.2, -0.15) is 0 Å². The predicted octanol–water partition coefficient (Wildman–Crippen LogP) is 2.55. The van der Waals surface area contributed by atoms with E-state index in [0.717, 1.165) is 6.54 Å². The molecule has 2 rings (SSSR count). The van der Waals surface area contributed by atoms with Crippen LogP contribution in [0, 0.1) is 13.8 Å². The minimum Gasteiger partial charge on any atom is -0.319 e. The van der Waals surface area contributed by atoms with E-state index in [4.69, 9.17) is 0 Å². The lowest BCUT2D eigenvalue weighted by Crippen LogP contribution is -2.24. The van der Waals surface area contributed by atoms with Gasteiger partial charge in [0.1, 0.15) is 0 Å². The molecule has 1 N–H and O–H groups in total. The standard InChI is InChI=1S/C13H19N/c1-10-5-4-6-12(11(10)2)13(7-8-13)9-14-3/h4-6,14H,7-9H2,1-3H3. The highest BCUT2D eigenvalue weighted by Gasteiger charge is 2.44. The van der Waals surface area contributed by atoms with Crippen LogP contribution in [0.25, 0.3) is 0 Å². The number of hydrogen-bond donors (Lipinski definition) is 1. The Hall–Kier alpha value is -0.820. The van der Waals surface area contributed by atoms with E-state index >= 15 is 0 Å². The van der Waals surface area contributed by atoms with Gasteiger partial charge in [-0.3, -0.25) is 0 Å². The van der Waals surface area contributed by atoms with Crippen molar-refractivity contribution in [3.05, 3.63) is 34.9 Å². The highest BCUT2D eigenvalue weighted by molar-refractivity contribution is 5.42. The molecule has 0 spiro atoms. The van der Waals surface area contributed by atoms with Crippen molar-refractivity contribution in [2.45, 2.75) is 32.1 Å². The molecule has 0 atom stereocenters. The van der Waals surface area contributed by atoms with Crippen LogP contribution in [0.1, 0.15) is 29.5 Å². The Morgan fingerprint density at radius 1 is 1.29 bits per heavy atom. The molecule has 1 fully saturated rings. The molecule has 1 heteroatoms. The second-order valence-corrected chi connectivity index (χ2v) is 4.56. The second-order valence-electron chi connectivity index (χ2n) is 4.56. The smallest absolute Gasteiger partial charge is 0.00810 e. The van der Waals surface area contributed by atoms with Gasteiger partial charge in [-0.05, 0) is 50.4 Å². The van der Waals surface area contributed by atoms with Crippen molar-refractivity contribution < 1.29 is 0 Å². The molecule has 0 saturated heterocycles. The molecule has 1 saturated carbocycles. The summed E-state index contributed by atoms with van der Waals surface area (Å²) in [6.07, 6.45) is 2.69. The lowest BCUT2D eigenvalue weighted by molar-refractivity contribution is 0.620. The normalized spacial score (nSPS) is 18.2. The zero-order valence-corrected chi connectivity index (χ0v) is 9.35. The number of hydrogen-bond acceptors (Lipinski definition) is 1. The van der Waals surface area contributed by atoms with E-state index < -0.39 is 0 Å². The first-order chi connectivity index (χ1) is 6.69. The van der Waals surface area contributed by atoms with Crippen LogP contribution in [-0.2, 0) is 5.41 Å². The molecule has 0 amide bonds. The molecule has 1 aliphatic rings. The summed E-state index contributed by atoms with van der Waals surface area (Å²) in [7, 11) is 2.05. The highest BCUT2D eigenvalue weighted by atomic mass is 14.8. The first kappa shape index (κ1) is 9.72. The van der Waals surface area contributed by atoms with Gasteiger partial charge < -0.3 is 5.32 Å². The Morgan fingerprint density at radius 2 is 2.00 bits per heavy atom. The Kier molecular flexibility index (Phi) is 2.36. The van der Waals surface area contributed by atoms with Gasteiger partial charge in [0.05, 0.1) is 0 Å². The highest BCUT2D eigenvalue weighted by Crippen LogP contribution is 2.48. The third-order valence-corrected chi connectivity index (χ3v) is 3.54. The number of nitrogens with one attached hydrogen (secondary N) is 1. The third kappa shape index (κ3) is 1.46. The largest absolute Gasteiger partial charge is 0.319 e. The van der Waals surface area contributed by atoms with Gasteiger partial charge in [-0.15, -0.1) is 0 Å². The molecule has 0 radical (unpaired) electrons. The maximum atomic E-state index is 3.32. The molecule has 76 valence electrons. The maximum absolute atomic E-state index is 3.32. The summed E-state index contributed by atoms with van der Waals surface area (Å²) < 4.78 is 0. The van der Waals surface area contributed by atoms with Crippen LogP contribution in [0.2, 0.25) is 0 Å². The number of rotatable bonds is 3. The third-order valence-electron chi connectivity index (χ3n) is 3.54. The van der Waals surface area contributed by atoms with Crippen LogP contribution in [0.5, 0.6) is 0 Å². The van der Waals surface area contributed by atoms with E-state index in [-0.39, 0.29) is 0 Å². The van der Waals surface area contributed by atoms with Gasteiger partial charge in [0.15, 0.2) is 0 Å². The van der Waals surface area contributed by atoms with Crippen molar-refractivity contribution in [2.24, 2.45) is 0 Å². The SMILES string of the molecule is CNCC1(c2cccc(C)c2C)CC1. The average molecular weight is 189 g/mol. The number of aryl methyl sites for hydroxylation is 1. The molecular weight excluding hydrogens is 170 g/mol. The van der Waals surface area contributed by atoms with Crippen molar-refractivity contribution in [3.63, 3.8) is 0 Å². The van der Waals surface area contributed by atoms with E-state index in [0.29, 0.717) is 5.41 Å². The summed E-state index contributed by atoms with van der Waals surface area (Å²) in [5.41, 5.74) is 4.93. The second kappa shape index (κ2) is 3.39. The summed E-state index contributed by atoms with van der Waals surface area (Å²) in [6.45, 7) is 5.58. The molecule has 0 unspecified atom stereocenters. The maximum Gasteiger partial charge on any atom is 0.00810 e. The molecule has 0 bridgehead atoms. The van der Waals surface area contributed by atoms with Crippen molar-refractivity contribution >= 4 is 0 Å². The van der Waals surface area contributed by atoms with E-state index in [1.165, 1.54) is 24.0 Å². The van der Waals surface area contributed by atoms with Crippen LogP contribution in [-0.4, -0.2) is 13.6 Å². The fourth-order valence-electron chi connectivity index (χ4n) is 2.36. The molecule has 1 aromatic carbocycles. The Labute approximate surface area is 86.5 Å². The van der Waals surface area contributed by atoms with Gasteiger partial charge in [0, 0.05) is 12.0 Å². The summed E-state index contributed by atoms with van der Waals surface area (Å²) in [6, 6.07) is 6.69. The van der Waals surface area contributed by atoms with Gasteiger partial charge in [0.2, 0.25) is 0 Å². The van der Waals surface area contributed by atoms with E-state index in [2.05, 4.69) is 37.4 Å². The summed E-state index contributed by atoms with van der Waals surface area (Å²) in [5, 5.41) is 3.32. The minimum atomic E-state index is 0.463. The minimum absolute atomic E-state index is 0.463. The van der Waals surface area contributed by atoms with Crippen LogP contribution >= 0.6 is 0 Å². The zero-order valence-electron chi connectivity index (χ0n) is 9.35. The number of benzene rings is 1. The first-order valence-corrected chi connectivity index (χ1v) is 5.41. The molecule has 0 aliphatic heterocycles. The molecule has 14 heavy (non-hydrogen) atoms. The monoisotopic (exact) mass is 189 g/mol. The van der Waals surface area contributed by atoms with Crippen LogP contribution in [0.3, 0.4) is 0 Å². The fraction of sp³-hybridized carbons (Fsp3) is 0.538. The molecule has 1 nitrogen and oxygen atoms in total. The molecule has 1 aliphatic carbocycles. The number of likely N-dealkylation sites (N-methyl/N-ethyl adjacent to an activating group) is 1. The van der Waals surface area contributed by atoms with Crippen LogP contribution in [0.4, 0.5) is 0 Å². The van der Waals surface area contributed by atoms with Crippen LogP contribution < -0.4 is 5.32 Å². The van der Waals surface area contributed by atoms with E-state index in [1.54, 1.807) is 5.56 Å². The zero-order chi connectivity index (χ0) is 10.2. The predicted molar refractivity (Wildman–Crippen MR) is 60.8 cm³/mol. The topological polar surface area (TPSA) is 12.0 Å². The van der Waals surface area contributed by atoms with Gasteiger partial charge in [-0.25, -0.2) is 0 Å². The molecule has 1 aromatic rings. The average Bonchev–Trinajstić information content (AvgIpc) is 2.91. The first-order valence-electron chi connectivity index (χ1n) is 5.41. The Morgan fingerprint density at radius 3 is 2.57 bits per heavy atom. The van der Waals surface area contributed by atoms with E-state index in [1.807, 2.05) is 7.05 Å². The van der Waals surface area contributed by atoms with Gasteiger partial charge >= 0.3 is 0 Å². The van der Waals surface area contributed by atoms with Crippen molar-refractivity contribution in [2.75, 3.05) is 13.6 Å². The lowest BCUT2D eigenvalue weighted by atomic mass is 9.89. The van der Waals surface area contributed by atoms with Crippen molar-refractivity contribution in [1.82, 2.24) is 5.32 Å². The van der Waals surface area contributed by atoms with Crippen LogP contribution in [0.15, 0.2) is 18.2 Å². The molecule has 0 heterocycles. The van der Waals surface area contributed by atoms with Gasteiger partial charge in [-0.1, -0.05) is 18.2 Å². The summed E-state index contributed by atoms with van der Waals surface area (Å²) >= 11 is 0. The lowest BCUT2D eigenvalue weighted by Gasteiger charge is -2.18. The molecular formula is C13H19N. The summed E-state index contributed by atoms with van der Waals surface area (Å²) in [5.74, 6) is 0. The Balaban J connectivity index is 2.37. The quantitative estimate of drug-likeness (QED) is 0.770. The van der Waals surface area contributed by atoms with Crippen molar-refractivity contribution in [1.29, 1.82) is 0 Å². The van der Waals surface area contributed by atoms with Gasteiger partial charge in [0.25, 0.3) is 0 Å². The molecule has 0 aromatic heterocycles. The Bertz CT molecular complexity index is 337. The van der Waals surface area contributed by atoms with E-state index in [9.17, 15) is 0 Å². The fourth-order valence-corrected chi connectivity index (χ4v) is 2.36. The van der Waals surface area contributed by atoms with Crippen molar-refractivity contribution in [3.8, 4) is 0 Å². The summed E-state index contributed by atoms with van der Waals surface area (Å²) in [4.78, 5) is 0.